The molecule has 0 amide bonds. The second-order valence-electron chi connectivity index (χ2n) is 9.47. The minimum absolute atomic E-state index is 0.0126. The maximum atomic E-state index is 12.2. The standard InChI is InChI=1S/C31H23NO2/c33-31(34)25-15-7-14-24-27-21-11-4-3-10-20(21)17-26(27)30(32-29(24)25)28-22-12-5-1-8-18(22)16-19-9-2-6-13-23(19)28/h1-16,26-27,30,32H,17H2,(H,33,34)/t26-,27+,30-/m0/s1. The van der Waals surface area contributed by atoms with Crippen molar-refractivity contribution in [2.75, 3.05) is 5.32 Å². The highest BCUT2D eigenvalue weighted by atomic mass is 16.4. The van der Waals surface area contributed by atoms with Crippen molar-refractivity contribution in [3.8, 4) is 0 Å². The molecule has 34 heavy (non-hydrogen) atoms. The molecule has 0 unspecified atom stereocenters. The van der Waals surface area contributed by atoms with Crippen LogP contribution in [0.5, 0.6) is 0 Å². The Bertz CT molecular complexity index is 1570. The van der Waals surface area contributed by atoms with Gasteiger partial charge in [0.15, 0.2) is 0 Å². The average Bonchev–Trinajstić information content (AvgIpc) is 3.26. The van der Waals surface area contributed by atoms with E-state index >= 15 is 0 Å². The Balaban J connectivity index is 1.55. The van der Waals surface area contributed by atoms with E-state index in [-0.39, 0.29) is 12.0 Å². The SMILES string of the molecule is O=C(O)c1cccc2c1N[C@H](c1c3ccccc3cc3ccccc13)[C@H]1Cc3ccccc3[C@H]21. The smallest absolute Gasteiger partial charge is 0.337 e. The molecule has 5 aromatic carbocycles. The minimum Gasteiger partial charge on any atom is -0.478 e. The van der Waals surface area contributed by atoms with Crippen LogP contribution in [-0.4, -0.2) is 11.1 Å². The van der Waals surface area contributed by atoms with Crippen molar-refractivity contribution in [3.05, 3.63) is 125 Å². The summed E-state index contributed by atoms with van der Waals surface area (Å²) in [6, 6.07) is 33.7. The van der Waals surface area contributed by atoms with Crippen molar-refractivity contribution in [1.29, 1.82) is 0 Å². The molecular weight excluding hydrogens is 418 g/mol. The monoisotopic (exact) mass is 441 g/mol. The molecule has 0 saturated heterocycles. The van der Waals surface area contributed by atoms with Crippen molar-refractivity contribution < 1.29 is 9.90 Å². The van der Waals surface area contributed by atoms with Crippen LogP contribution in [0.1, 0.15) is 44.6 Å². The molecule has 3 nitrogen and oxygen atoms in total. The third-order valence-corrected chi connectivity index (χ3v) is 7.79. The fourth-order valence-electron chi connectivity index (χ4n) is 6.44. The van der Waals surface area contributed by atoms with Gasteiger partial charge in [-0.15, -0.1) is 0 Å². The molecule has 0 aromatic heterocycles. The lowest BCUT2D eigenvalue weighted by molar-refractivity contribution is 0.0697. The van der Waals surface area contributed by atoms with Gasteiger partial charge in [-0.1, -0.05) is 84.9 Å². The third kappa shape index (κ3) is 2.67. The largest absolute Gasteiger partial charge is 0.478 e. The van der Waals surface area contributed by atoms with Crippen LogP contribution < -0.4 is 5.32 Å². The first-order valence-corrected chi connectivity index (χ1v) is 11.8. The molecule has 0 bridgehead atoms. The minimum atomic E-state index is -0.893. The van der Waals surface area contributed by atoms with Gasteiger partial charge in [0.05, 0.1) is 17.3 Å². The Morgan fingerprint density at radius 3 is 2.15 bits per heavy atom. The van der Waals surface area contributed by atoms with Gasteiger partial charge in [0.25, 0.3) is 0 Å². The normalized spacial score (nSPS) is 20.4. The van der Waals surface area contributed by atoms with E-state index in [4.69, 9.17) is 0 Å². The number of nitrogens with one attached hydrogen (secondary N) is 1. The quantitative estimate of drug-likeness (QED) is 0.286. The van der Waals surface area contributed by atoms with E-state index in [0.29, 0.717) is 11.5 Å². The predicted octanol–water partition coefficient (Wildman–Crippen LogP) is 7.16. The van der Waals surface area contributed by atoms with E-state index in [2.05, 4.69) is 90.2 Å². The number of carboxylic acids is 1. The number of aromatic carboxylic acids is 1. The van der Waals surface area contributed by atoms with Gasteiger partial charge in [0.2, 0.25) is 0 Å². The lowest BCUT2D eigenvalue weighted by Crippen LogP contribution is -2.31. The molecule has 0 radical (unpaired) electrons. The first kappa shape index (κ1) is 19.4. The van der Waals surface area contributed by atoms with Gasteiger partial charge in [-0.2, -0.15) is 0 Å². The Morgan fingerprint density at radius 2 is 1.41 bits per heavy atom. The molecule has 3 atom stereocenters. The number of anilines is 1. The average molecular weight is 442 g/mol. The summed E-state index contributed by atoms with van der Waals surface area (Å²) in [5.74, 6) is -0.437. The summed E-state index contributed by atoms with van der Waals surface area (Å²) in [7, 11) is 0. The van der Waals surface area contributed by atoms with Gasteiger partial charge in [0, 0.05) is 5.92 Å². The van der Waals surface area contributed by atoms with Crippen molar-refractivity contribution >= 4 is 33.2 Å². The summed E-state index contributed by atoms with van der Waals surface area (Å²) in [6.45, 7) is 0. The highest BCUT2D eigenvalue weighted by Crippen LogP contribution is 2.55. The predicted molar refractivity (Wildman–Crippen MR) is 137 cm³/mol. The first-order chi connectivity index (χ1) is 16.7. The van der Waals surface area contributed by atoms with Crippen LogP contribution in [0, 0.1) is 5.92 Å². The van der Waals surface area contributed by atoms with Crippen LogP contribution >= 0.6 is 0 Å². The van der Waals surface area contributed by atoms with E-state index in [9.17, 15) is 9.90 Å². The number of benzene rings is 5. The summed E-state index contributed by atoms with van der Waals surface area (Å²) in [5, 5.41) is 18.7. The maximum Gasteiger partial charge on any atom is 0.337 e. The number of carbonyl (C=O) groups is 1. The molecule has 0 spiro atoms. The molecule has 0 saturated carbocycles. The zero-order chi connectivity index (χ0) is 22.8. The molecule has 0 fully saturated rings. The van der Waals surface area contributed by atoms with Gasteiger partial charge in [-0.3, -0.25) is 0 Å². The fourth-order valence-corrected chi connectivity index (χ4v) is 6.44. The lowest BCUT2D eigenvalue weighted by Gasteiger charge is -2.39. The van der Waals surface area contributed by atoms with Crippen LogP contribution in [0.25, 0.3) is 21.5 Å². The molecule has 3 heteroatoms. The third-order valence-electron chi connectivity index (χ3n) is 7.79. The van der Waals surface area contributed by atoms with E-state index in [0.717, 1.165) is 17.7 Å². The number of hydrogen-bond donors (Lipinski definition) is 2. The molecule has 1 aliphatic carbocycles. The molecule has 2 N–H and O–H groups in total. The zero-order valence-electron chi connectivity index (χ0n) is 18.5. The Hall–Kier alpha value is -4.11. The van der Waals surface area contributed by atoms with Crippen LogP contribution in [0.2, 0.25) is 0 Å². The van der Waals surface area contributed by atoms with Gasteiger partial charge < -0.3 is 10.4 Å². The molecule has 2 aliphatic rings. The van der Waals surface area contributed by atoms with E-state index in [1.807, 2.05) is 6.07 Å². The van der Waals surface area contributed by atoms with Crippen molar-refractivity contribution in [1.82, 2.24) is 0 Å². The van der Waals surface area contributed by atoms with Crippen LogP contribution in [-0.2, 0) is 6.42 Å². The summed E-state index contributed by atoms with van der Waals surface area (Å²) >= 11 is 0. The van der Waals surface area contributed by atoms with Crippen LogP contribution in [0.4, 0.5) is 5.69 Å². The molecular formula is C31H23NO2. The topological polar surface area (TPSA) is 49.3 Å². The van der Waals surface area contributed by atoms with Crippen molar-refractivity contribution in [3.63, 3.8) is 0 Å². The number of para-hydroxylation sites is 1. The molecule has 164 valence electrons. The highest BCUT2D eigenvalue weighted by Gasteiger charge is 2.45. The number of fused-ring (bicyclic) bond motifs is 7. The second kappa shape index (κ2) is 7.19. The zero-order valence-corrected chi connectivity index (χ0v) is 18.5. The van der Waals surface area contributed by atoms with Crippen molar-refractivity contribution in [2.24, 2.45) is 5.92 Å². The van der Waals surface area contributed by atoms with E-state index in [1.54, 1.807) is 6.07 Å². The number of carboxylic acid groups (broad SMARTS) is 1. The molecule has 5 aromatic rings. The Kier molecular flexibility index (Phi) is 4.10. The first-order valence-electron chi connectivity index (χ1n) is 11.8. The Labute approximate surface area is 197 Å². The summed E-state index contributed by atoms with van der Waals surface area (Å²) in [6.07, 6.45) is 0.965. The fraction of sp³-hybridized carbons (Fsp3) is 0.129. The van der Waals surface area contributed by atoms with Crippen LogP contribution in [0.15, 0.2) is 97.1 Å². The number of rotatable bonds is 2. The highest BCUT2D eigenvalue weighted by molar-refractivity contribution is 6.03. The van der Waals surface area contributed by atoms with Crippen molar-refractivity contribution in [2.45, 2.75) is 18.4 Å². The van der Waals surface area contributed by atoms with E-state index < -0.39 is 5.97 Å². The van der Waals surface area contributed by atoms with Crippen LogP contribution in [0.3, 0.4) is 0 Å². The summed E-state index contributed by atoms with van der Waals surface area (Å²) in [4.78, 5) is 12.2. The Morgan fingerprint density at radius 1 is 0.765 bits per heavy atom. The molecule has 7 rings (SSSR count). The second-order valence-corrected chi connectivity index (χ2v) is 9.47. The lowest BCUT2D eigenvalue weighted by atomic mass is 9.73. The molecule has 1 heterocycles. The molecule has 1 aliphatic heterocycles. The number of hydrogen-bond acceptors (Lipinski definition) is 2. The van der Waals surface area contributed by atoms with Gasteiger partial charge in [-0.25, -0.2) is 4.79 Å². The maximum absolute atomic E-state index is 12.2. The van der Waals surface area contributed by atoms with Gasteiger partial charge >= 0.3 is 5.97 Å². The summed E-state index contributed by atoms with van der Waals surface area (Å²) < 4.78 is 0. The van der Waals surface area contributed by atoms with E-state index in [1.165, 1.54) is 38.2 Å². The summed E-state index contributed by atoms with van der Waals surface area (Å²) in [5.41, 5.74) is 6.15. The van der Waals surface area contributed by atoms with Gasteiger partial charge in [-0.05, 0) is 68.3 Å². The van der Waals surface area contributed by atoms with Gasteiger partial charge in [0.1, 0.15) is 0 Å².